The van der Waals surface area contributed by atoms with E-state index < -0.39 is 9.76 Å². The average molecular weight is 174 g/mol. The SMILES string of the molecule is CCCCCC[SiH2]OC(C)=O. The predicted molar refractivity (Wildman–Crippen MR) is 49.3 cm³/mol. The first-order chi connectivity index (χ1) is 5.27. The molecule has 0 spiro atoms. The molecule has 0 aromatic heterocycles. The number of rotatable bonds is 6. The summed E-state index contributed by atoms with van der Waals surface area (Å²) in [6.07, 6.45) is 5.13. The molecule has 3 heteroatoms. The molecule has 0 saturated carbocycles. The van der Waals surface area contributed by atoms with E-state index in [1.165, 1.54) is 32.6 Å². The van der Waals surface area contributed by atoms with Crippen LogP contribution in [0.25, 0.3) is 0 Å². The molecule has 0 rings (SSSR count). The van der Waals surface area contributed by atoms with Crippen LogP contribution in [-0.4, -0.2) is 15.7 Å². The summed E-state index contributed by atoms with van der Waals surface area (Å²) in [5.41, 5.74) is 0. The van der Waals surface area contributed by atoms with Gasteiger partial charge in [0, 0.05) is 6.92 Å². The highest BCUT2D eigenvalue weighted by molar-refractivity contribution is 6.30. The minimum absolute atomic E-state index is 0.104. The maximum absolute atomic E-state index is 10.3. The van der Waals surface area contributed by atoms with Crippen LogP contribution >= 0.6 is 0 Å². The molecule has 0 unspecified atom stereocenters. The number of carbonyl (C=O) groups is 1. The maximum atomic E-state index is 10.3. The first kappa shape index (κ1) is 10.7. The summed E-state index contributed by atoms with van der Waals surface area (Å²) in [5.74, 6) is -0.104. The lowest BCUT2D eigenvalue weighted by Crippen LogP contribution is -2.03. The van der Waals surface area contributed by atoms with Crippen molar-refractivity contribution in [3.63, 3.8) is 0 Å². The topological polar surface area (TPSA) is 26.3 Å². The summed E-state index contributed by atoms with van der Waals surface area (Å²) in [5, 5.41) is 0. The van der Waals surface area contributed by atoms with Crippen molar-refractivity contribution in [2.45, 2.75) is 45.6 Å². The fourth-order valence-corrected chi connectivity index (χ4v) is 1.91. The maximum Gasteiger partial charge on any atom is 0.288 e. The average Bonchev–Trinajstić information content (AvgIpc) is 1.96. The normalized spacial score (nSPS) is 10.7. The van der Waals surface area contributed by atoms with Crippen molar-refractivity contribution in [3.8, 4) is 0 Å². The van der Waals surface area contributed by atoms with Gasteiger partial charge in [0.15, 0.2) is 0 Å². The smallest absolute Gasteiger partial charge is 0.288 e. The second kappa shape index (κ2) is 7.79. The van der Waals surface area contributed by atoms with Gasteiger partial charge in [-0.05, 0) is 6.04 Å². The third kappa shape index (κ3) is 9.69. The van der Waals surface area contributed by atoms with Gasteiger partial charge in [0.2, 0.25) is 9.76 Å². The van der Waals surface area contributed by atoms with Gasteiger partial charge in [-0.1, -0.05) is 32.6 Å². The highest BCUT2D eigenvalue weighted by Gasteiger charge is 1.93. The van der Waals surface area contributed by atoms with E-state index in [4.69, 9.17) is 4.43 Å². The largest absolute Gasteiger partial charge is 0.525 e. The Kier molecular flexibility index (Phi) is 7.57. The molecule has 0 aliphatic rings. The van der Waals surface area contributed by atoms with Crippen LogP contribution in [-0.2, 0) is 9.22 Å². The molecule has 66 valence electrons. The van der Waals surface area contributed by atoms with Crippen LogP contribution in [0.15, 0.2) is 0 Å². The van der Waals surface area contributed by atoms with Crippen LogP contribution < -0.4 is 0 Å². The molecule has 0 aliphatic heterocycles. The summed E-state index contributed by atoms with van der Waals surface area (Å²) in [4.78, 5) is 10.3. The summed E-state index contributed by atoms with van der Waals surface area (Å²) in [7, 11) is -0.514. The lowest BCUT2D eigenvalue weighted by molar-refractivity contribution is -0.131. The van der Waals surface area contributed by atoms with Crippen LogP contribution in [0.2, 0.25) is 6.04 Å². The zero-order valence-electron chi connectivity index (χ0n) is 7.56. The fraction of sp³-hybridized carbons (Fsp3) is 0.875. The van der Waals surface area contributed by atoms with Gasteiger partial charge in [-0.2, -0.15) is 0 Å². The summed E-state index contributed by atoms with van der Waals surface area (Å²) < 4.78 is 4.92. The zero-order valence-corrected chi connectivity index (χ0v) is 8.97. The van der Waals surface area contributed by atoms with Gasteiger partial charge >= 0.3 is 0 Å². The molecule has 0 aromatic carbocycles. The lowest BCUT2D eigenvalue weighted by atomic mass is 10.2. The first-order valence-corrected chi connectivity index (χ1v) is 5.98. The molecule has 0 saturated heterocycles. The standard InChI is InChI=1S/C8H18O2Si/c1-3-4-5-6-7-11-10-8(2)9/h3-7,11H2,1-2H3. The van der Waals surface area contributed by atoms with Gasteiger partial charge in [0.05, 0.1) is 0 Å². The Bertz CT molecular complexity index is 104. The van der Waals surface area contributed by atoms with Crippen LogP contribution in [0.3, 0.4) is 0 Å². The number of carbonyl (C=O) groups excluding carboxylic acids is 1. The Morgan fingerprint density at radius 1 is 1.36 bits per heavy atom. The van der Waals surface area contributed by atoms with Crippen molar-refractivity contribution >= 4 is 15.7 Å². The molecule has 0 atom stereocenters. The molecular weight excluding hydrogens is 156 g/mol. The molecule has 0 aromatic rings. The minimum Gasteiger partial charge on any atom is -0.525 e. The van der Waals surface area contributed by atoms with Gasteiger partial charge in [0.1, 0.15) is 0 Å². The summed E-state index contributed by atoms with van der Waals surface area (Å²) in [6.45, 7) is 3.68. The second-order valence-corrected chi connectivity index (χ2v) is 4.16. The highest BCUT2D eigenvalue weighted by atomic mass is 28.2. The van der Waals surface area contributed by atoms with Crippen LogP contribution in [0.1, 0.15) is 39.5 Å². The Balaban J connectivity index is 2.85. The molecular formula is C8H18O2Si. The highest BCUT2D eigenvalue weighted by Crippen LogP contribution is 2.01. The summed E-state index contributed by atoms with van der Waals surface area (Å²) >= 11 is 0. The van der Waals surface area contributed by atoms with Gasteiger partial charge in [-0.15, -0.1) is 0 Å². The first-order valence-electron chi connectivity index (χ1n) is 4.40. The van der Waals surface area contributed by atoms with E-state index in [1.807, 2.05) is 0 Å². The van der Waals surface area contributed by atoms with Crippen LogP contribution in [0, 0.1) is 0 Å². The summed E-state index contributed by atoms with van der Waals surface area (Å²) in [6, 6.07) is 1.15. The molecule has 0 radical (unpaired) electrons. The van der Waals surface area contributed by atoms with Crippen molar-refractivity contribution in [1.29, 1.82) is 0 Å². The molecule has 0 bridgehead atoms. The van der Waals surface area contributed by atoms with Gasteiger partial charge in [-0.3, -0.25) is 4.79 Å². The second-order valence-electron chi connectivity index (χ2n) is 2.75. The Labute approximate surface area is 71.3 Å². The Hall–Kier alpha value is -0.313. The van der Waals surface area contributed by atoms with E-state index in [2.05, 4.69) is 6.92 Å². The fourth-order valence-electron chi connectivity index (χ4n) is 0.922. The van der Waals surface area contributed by atoms with Crippen molar-refractivity contribution in [2.75, 3.05) is 0 Å². The van der Waals surface area contributed by atoms with Gasteiger partial charge in [0.25, 0.3) is 5.97 Å². The quantitative estimate of drug-likeness (QED) is 0.452. The van der Waals surface area contributed by atoms with E-state index in [1.54, 1.807) is 0 Å². The molecule has 0 aliphatic carbocycles. The third-order valence-electron chi connectivity index (χ3n) is 1.55. The molecule has 2 nitrogen and oxygen atoms in total. The van der Waals surface area contributed by atoms with Crippen LogP contribution in [0.5, 0.6) is 0 Å². The van der Waals surface area contributed by atoms with Crippen molar-refractivity contribution in [3.05, 3.63) is 0 Å². The van der Waals surface area contributed by atoms with Crippen molar-refractivity contribution in [2.24, 2.45) is 0 Å². The van der Waals surface area contributed by atoms with Gasteiger partial charge in [-0.25, -0.2) is 0 Å². The molecule has 11 heavy (non-hydrogen) atoms. The minimum atomic E-state index is -0.514. The number of hydrogen-bond acceptors (Lipinski definition) is 2. The number of hydrogen-bond donors (Lipinski definition) is 0. The monoisotopic (exact) mass is 174 g/mol. The molecule has 0 N–H and O–H groups in total. The van der Waals surface area contributed by atoms with Gasteiger partial charge < -0.3 is 4.43 Å². The molecule has 0 heterocycles. The van der Waals surface area contributed by atoms with Crippen molar-refractivity contribution < 1.29 is 9.22 Å². The molecule has 0 fully saturated rings. The van der Waals surface area contributed by atoms with E-state index in [9.17, 15) is 4.79 Å². The van der Waals surface area contributed by atoms with E-state index in [0.717, 1.165) is 6.04 Å². The Morgan fingerprint density at radius 3 is 2.64 bits per heavy atom. The lowest BCUT2D eigenvalue weighted by Gasteiger charge is -1.99. The third-order valence-corrected chi connectivity index (χ3v) is 2.95. The van der Waals surface area contributed by atoms with Crippen LogP contribution in [0.4, 0.5) is 0 Å². The predicted octanol–water partition coefficient (Wildman–Crippen LogP) is 1.63. The zero-order chi connectivity index (χ0) is 8.53. The molecule has 0 amide bonds. The number of unbranched alkanes of at least 4 members (excludes halogenated alkanes) is 3. The van der Waals surface area contributed by atoms with E-state index >= 15 is 0 Å². The Morgan fingerprint density at radius 2 is 2.09 bits per heavy atom. The van der Waals surface area contributed by atoms with Crippen molar-refractivity contribution in [1.82, 2.24) is 0 Å². The van der Waals surface area contributed by atoms with E-state index in [-0.39, 0.29) is 5.97 Å². The van der Waals surface area contributed by atoms with E-state index in [0.29, 0.717) is 0 Å².